The molecule has 0 unspecified atom stereocenters. The van der Waals surface area contributed by atoms with Crippen LogP contribution in [0.3, 0.4) is 0 Å². The van der Waals surface area contributed by atoms with Gasteiger partial charge < -0.3 is 24.8 Å². The number of rotatable bonds is 2. The summed E-state index contributed by atoms with van der Waals surface area (Å²) in [6.07, 6.45) is 0. The van der Waals surface area contributed by atoms with Crippen molar-refractivity contribution in [1.29, 1.82) is 0 Å². The average molecular weight is 803 g/mol. The van der Waals surface area contributed by atoms with E-state index in [1.807, 2.05) is 0 Å². The Labute approximate surface area is 345 Å². The van der Waals surface area contributed by atoms with E-state index in [0.29, 0.717) is 0 Å². The minimum absolute atomic E-state index is 0. The Bertz CT molecular complexity index is 1880. The van der Waals surface area contributed by atoms with Gasteiger partial charge in [0.05, 0.1) is 0 Å². The molecule has 0 aliphatic rings. The quantitative estimate of drug-likeness (QED) is 0.111. The van der Waals surface area contributed by atoms with Crippen molar-refractivity contribution >= 4 is 69.5 Å². The molecule has 0 aliphatic heterocycles. The van der Waals surface area contributed by atoms with Crippen molar-refractivity contribution < 1.29 is 68.2 Å². The third-order valence-electron chi connectivity index (χ3n) is 8.74. The molecule has 0 saturated carbocycles. The Morgan fingerprint density at radius 3 is 1.10 bits per heavy atom. The van der Waals surface area contributed by atoms with Crippen LogP contribution in [0.2, 0.25) is 0 Å². The molecule has 0 amide bonds. The monoisotopic (exact) mass is 802 g/mol. The maximum absolute atomic E-state index is 2.31. The Morgan fingerprint density at radius 2 is 0.780 bits per heavy atom. The fourth-order valence-corrected chi connectivity index (χ4v) is 7.45. The van der Waals surface area contributed by atoms with Crippen molar-refractivity contribution in [2.45, 2.75) is 27.7 Å². The van der Waals surface area contributed by atoms with Crippen LogP contribution in [0, 0.1) is 27.7 Å². The zero-order valence-corrected chi connectivity index (χ0v) is 36.8. The smallest absolute Gasteiger partial charge is 1.00 e. The van der Waals surface area contributed by atoms with Gasteiger partial charge in [-0.1, -0.05) is 49.2 Å². The first-order chi connectivity index (χ1) is 22.1. The van der Waals surface area contributed by atoms with Crippen LogP contribution in [0.1, 0.15) is 22.3 Å². The predicted molar refractivity (Wildman–Crippen MR) is 214 cm³/mol. The number of benzene rings is 4. The van der Waals surface area contributed by atoms with Crippen molar-refractivity contribution in [3.8, 4) is 0 Å². The van der Waals surface area contributed by atoms with E-state index >= 15 is 0 Å². The zero-order valence-electron chi connectivity index (χ0n) is 30.4. The van der Waals surface area contributed by atoms with E-state index in [0.717, 1.165) is 0 Å². The van der Waals surface area contributed by atoms with Crippen LogP contribution in [0.15, 0.2) is 133 Å². The van der Waals surface area contributed by atoms with Gasteiger partial charge in [0.2, 0.25) is 0 Å². The molecule has 0 aliphatic carbocycles. The second kappa shape index (κ2) is 21.7. The fourth-order valence-electron chi connectivity index (χ4n) is 5.86. The third kappa shape index (κ3) is 11.6. The normalized spacial score (nSPS) is 10.1. The maximum Gasteiger partial charge on any atom is 2.00 e. The summed E-state index contributed by atoms with van der Waals surface area (Å²) in [5.74, 6) is 0. The minimum atomic E-state index is 0. The second-order valence-electron chi connectivity index (χ2n) is 12.6. The van der Waals surface area contributed by atoms with Crippen LogP contribution < -0.4 is 35.4 Å². The molecule has 8 aromatic carbocycles. The van der Waals surface area contributed by atoms with Gasteiger partial charge in [-0.15, -0.1) is 153 Å². The van der Waals surface area contributed by atoms with E-state index in [-0.39, 0.29) is 84.1 Å². The van der Waals surface area contributed by atoms with Gasteiger partial charge in [0.1, 0.15) is 0 Å². The number of hydrogen-bond donors (Lipinski definition) is 0. The Hall–Kier alpha value is -1.81. The molecule has 0 heterocycles. The summed E-state index contributed by atoms with van der Waals surface area (Å²) in [6, 6.07) is 48.0. The second-order valence-corrected chi connectivity index (χ2v) is 17.2. The molecule has 50 heavy (non-hydrogen) atoms. The van der Waals surface area contributed by atoms with E-state index < -0.39 is 0 Å². The molecule has 6 heteroatoms. The molecule has 8 aromatic rings. The van der Waals surface area contributed by atoms with Crippen LogP contribution in [0.25, 0.3) is 43.1 Å². The van der Waals surface area contributed by atoms with E-state index in [1.54, 1.807) is 0 Å². The largest absolute Gasteiger partial charge is 2.00 e. The molecular formula is C44H46Cl2P2Ti2-2. The summed E-state index contributed by atoms with van der Waals surface area (Å²) in [5, 5.41) is 14.1. The van der Waals surface area contributed by atoms with Crippen molar-refractivity contribution in [2.75, 3.05) is 26.7 Å². The Balaban J connectivity index is 0.000000325. The standard InChI is InChI=1S/2C11H12P.2C11H11.2ClH.2Ti/c2*1-12(2)11-7-9-5-3-4-6-10(9)8-11;2*1-8-6-7-9(2)11-5-3-4-10(8)11;;;;/h2*3-8H,1-2H3;2*3-7H,1-2H3;2*1H;;/q4*-1;;;2*+2/p-2. The first kappa shape index (κ1) is 46.2. The van der Waals surface area contributed by atoms with Gasteiger partial charge in [-0.25, -0.2) is 0 Å². The van der Waals surface area contributed by atoms with Gasteiger partial charge >= 0.3 is 43.4 Å². The van der Waals surface area contributed by atoms with Gasteiger partial charge in [0.15, 0.2) is 0 Å². The van der Waals surface area contributed by atoms with Crippen LogP contribution in [0.5, 0.6) is 0 Å². The van der Waals surface area contributed by atoms with E-state index in [1.165, 1.54) is 76.0 Å². The van der Waals surface area contributed by atoms with Gasteiger partial charge in [0, 0.05) is 0 Å². The van der Waals surface area contributed by atoms with Crippen LogP contribution >= 0.6 is 15.8 Å². The summed E-state index contributed by atoms with van der Waals surface area (Å²) >= 11 is 0. The molecule has 0 bridgehead atoms. The number of aryl methyl sites for hydroxylation is 4. The van der Waals surface area contributed by atoms with E-state index in [4.69, 9.17) is 0 Å². The topological polar surface area (TPSA) is 0 Å². The van der Waals surface area contributed by atoms with Crippen LogP contribution in [-0.4, -0.2) is 26.7 Å². The van der Waals surface area contributed by atoms with Gasteiger partial charge in [-0.05, 0) is 40.5 Å². The molecule has 0 radical (unpaired) electrons. The van der Waals surface area contributed by atoms with Gasteiger partial charge in [-0.3, -0.25) is 0 Å². The molecule has 0 saturated heterocycles. The number of halogens is 2. The molecule has 8 rings (SSSR count). The van der Waals surface area contributed by atoms with Gasteiger partial charge in [-0.2, -0.15) is 36.4 Å². The number of hydrogen-bond acceptors (Lipinski definition) is 0. The zero-order chi connectivity index (χ0) is 32.8. The molecule has 0 fully saturated rings. The summed E-state index contributed by atoms with van der Waals surface area (Å²) in [6.45, 7) is 17.8. The molecule has 0 spiro atoms. The number of fused-ring (bicyclic) bond motifs is 4. The van der Waals surface area contributed by atoms with Crippen molar-refractivity contribution in [2.24, 2.45) is 0 Å². The van der Waals surface area contributed by atoms with Gasteiger partial charge in [0.25, 0.3) is 0 Å². The van der Waals surface area contributed by atoms with Crippen molar-refractivity contribution in [1.82, 2.24) is 0 Å². The molecule has 0 aromatic heterocycles. The van der Waals surface area contributed by atoms with E-state index in [2.05, 4.69) is 188 Å². The van der Waals surface area contributed by atoms with Crippen molar-refractivity contribution in [3.63, 3.8) is 0 Å². The summed E-state index contributed by atoms with van der Waals surface area (Å²) in [7, 11) is 0.115. The summed E-state index contributed by atoms with van der Waals surface area (Å²) < 4.78 is 0. The first-order valence-corrected chi connectivity index (χ1v) is 20.5. The molecular weight excluding hydrogens is 757 g/mol. The van der Waals surface area contributed by atoms with E-state index in [9.17, 15) is 0 Å². The molecule has 0 atom stereocenters. The minimum Gasteiger partial charge on any atom is -1.00 e. The average Bonchev–Trinajstić information content (AvgIpc) is 3.87. The Morgan fingerprint density at radius 1 is 0.440 bits per heavy atom. The molecule has 256 valence electrons. The SMILES string of the molecule is CP(C)c1cc2ccccc2[cH-]1.CP(C)c1cc2ccccc2[cH-]1.Cc1ccc(C)c2[cH-]ccc12.Cc1ccc(C)c2[cH-]ccc12.[Cl-].[Cl-].[Ti+2].[Ti+2]. The van der Waals surface area contributed by atoms with Crippen LogP contribution in [0.4, 0.5) is 0 Å². The molecule has 0 N–H and O–H groups in total. The van der Waals surface area contributed by atoms with Crippen molar-refractivity contribution in [3.05, 3.63) is 156 Å². The molecule has 0 nitrogen and oxygen atoms in total. The summed E-state index contributed by atoms with van der Waals surface area (Å²) in [5.41, 5.74) is 5.48. The van der Waals surface area contributed by atoms with Crippen LogP contribution in [-0.2, 0) is 43.4 Å². The first-order valence-electron chi connectivity index (χ1n) is 16.0. The predicted octanol–water partition coefficient (Wildman–Crippen LogP) is 6.21. The summed E-state index contributed by atoms with van der Waals surface area (Å²) in [4.78, 5) is 0. The fraction of sp³-hybridized carbons (Fsp3) is 0.182. The Kier molecular flexibility index (Phi) is 20.0. The maximum atomic E-state index is 2.31. The third-order valence-corrected chi connectivity index (χ3v) is 11.3.